The fourth-order valence-electron chi connectivity index (χ4n) is 4.40. The third-order valence-electron chi connectivity index (χ3n) is 6.14. The first-order valence-electron chi connectivity index (χ1n) is 10.7. The Morgan fingerprint density at radius 3 is 2.64 bits per heavy atom. The Kier molecular flexibility index (Phi) is 9.17. The molecule has 3 aliphatic rings. The Morgan fingerprint density at radius 1 is 1.21 bits per heavy atom. The van der Waals surface area contributed by atoms with Crippen molar-refractivity contribution < 1.29 is 14.2 Å². The van der Waals surface area contributed by atoms with Crippen LogP contribution in [0.3, 0.4) is 0 Å². The standard InChI is InChI=1S/C20H38N4O3S/c1-21-19(23-7-4-18(5-8-23)27-12-3-11-25-2)22-16-20(6-15-28-17-20)24-9-13-26-14-10-24/h18H,3-17H2,1-2H3,(H,21,22). The Morgan fingerprint density at radius 2 is 2.00 bits per heavy atom. The second kappa shape index (κ2) is 11.6. The summed E-state index contributed by atoms with van der Waals surface area (Å²) in [4.78, 5) is 9.63. The van der Waals surface area contributed by atoms with Crippen molar-refractivity contribution in [3.05, 3.63) is 0 Å². The number of nitrogens with one attached hydrogen (secondary N) is 1. The average Bonchev–Trinajstić information content (AvgIpc) is 3.23. The molecule has 0 aliphatic carbocycles. The molecular formula is C20H38N4O3S. The predicted molar refractivity (Wildman–Crippen MR) is 115 cm³/mol. The minimum atomic E-state index is 0.243. The van der Waals surface area contributed by atoms with E-state index in [1.165, 1.54) is 17.9 Å². The maximum Gasteiger partial charge on any atom is 0.193 e. The van der Waals surface area contributed by atoms with Gasteiger partial charge in [0.1, 0.15) is 0 Å². The molecule has 0 saturated carbocycles. The fourth-order valence-corrected chi connectivity index (χ4v) is 5.88. The van der Waals surface area contributed by atoms with Crippen LogP contribution in [0.5, 0.6) is 0 Å². The summed E-state index contributed by atoms with van der Waals surface area (Å²) >= 11 is 2.08. The molecule has 1 atom stereocenters. The van der Waals surface area contributed by atoms with Crippen molar-refractivity contribution >= 4 is 17.7 Å². The molecule has 3 fully saturated rings. The van der Waals surface area contributed by atoms with Gasteiger partial charge >= 0.3 is 0 Å². The maximum absolute atomic E-state index is 6.00. The van der Waals surface area contributed by atoms with E-state index in [0.29, 0.717) is 6.10 Å². The van der Waals surface area contributed by atoms with Crippen molar-refractivity contribution in [1.82, 2.24) is 15.1 Å². The first kappa shape index (κ1) is 22.2. The molecule has 162 valence electrons. The van der Waals surface area contributed by atoms with Gasteiger partial charge in [-0.25, -0.2) is 0 Å². The summed E-state index contributed by atoms with van der Waals surface area (Å²) < 4.78 is 16.7. The Balaban J connectivity index is 1.45. The Bertz CT molecular complexity index is 474. The molecule has 3 saturated heterocycles. The van der Waals surface area contributed by atoms with Crippen LogP contribution in [-0.2, 0) is 14.2 Å². The van der Waals surface area contributed by atoms with Crippen LogP contribution in [0, 0.1) is 0 Å². The first-order chi connectivity index (χ1) is 13.8. The Hall–Kier alpha value is -0.540. The number of hydrogen-bond acceptors (Lipinski definition) is 6. The van der Waals surface area contributed by atoms with Crippen LogP contribution in [0.1, 0.15) is 25.7 Å². The van der Waals surface area contributed by atoms with E-state index in [2.05, 4.69) is 31.9 Å². The lowest BCUT2D eigenvalue weighted by atomic mass is 9.95. The molecule has 3 heterocycles. The highest BCUT2D eigenvalue weighted by molar-refractivity contribution is 7.99. The molecule has 3 aliphatic heterocycles. The summed E-state index contributed by atoms with van der Waals surface area (Å²) in [5.41, 5.74) is 0.243. The number of methoxy groups -OCH3 is 1. The largest absolute Gasteiger partial charge is 0.385 e. The summed E-state index contributed by atoms with van der Waals surface area (Å²) in [5, 5.41) is 3.72. The number of piperidine rings is 1. The van der Waals surface area contributed by atoms with E-state index in [9.17, 15) is 0 Å². The average molecular weight is 415 g/mol. The van der Waals surface area contributed by atoms with Gasteiger partial charge in [-0.3, -0.25) is 9.89 Å². The van der Waals surface area contributed by atoms with Crippen LogP contribution in [-0.4, -0.2) is 112 Å². The third kappa shape index (κ3) is 5.98. The van der Waals surface area contributed by atoms with Crippen LogP contribution >= 0.6 is 11.8 Å². The number of hydrogen-bond donors (Lipinski definition) is 1. The monoisotopic (exact) mass is 414 g/mol. The van der Waals surface area contributed by atoms with E-state index in [4.69, 9.17) is 14.2 Å². The van der Waals surface area contributed by atoms with E-state index in [-0.39, 0.29) is 5.54 Å². The van der Waals surface area contributed by atoms with E-state index in [1.54, 1.807) is 7.11 Å². The van der Waals surface area contributed by atoms with Crippen molar-refractivity contribution in [1.29, 1.82) is 0 Å². The molecule has 7 nitrogen and oxygen atoms in total. The lowest BCUT2D eigenvalue weighted by Crippen LogP contribution is -2.60. The molecule has 0 aromatic carbocycles. The zero-order chi connectivity index (χ0) is 19.7. The molecule has 0 aromatic heterocycles. The lowest BCUT2D eigenvalue weighted by Gasteiger charge is -2.44. The highest BCUT2D eigenvalue weighted by Crippen LogP contribution is 2.33. The summed E-state index contributed by atoms with van der Waals surface area (Å²) in [5.74, 6) is 3.50. The minimum Gasteiger partial charge on any atom is -0.385 e. The summed E-state index contributed by atoms with van der Waals surface area (Å²) in [6.07, 6.45) is 4.73. The van der Waals surface area contributed by atoms with Gasteiger partial charge in [-0.1, -0.05) is 0 Å². The van der Waals surface area contributed by atoms with Gasteiger partial charge in [0.25, 0.3) is 0 Å². The van der Waals surface area contributed by atoms with Crippen molar-refractivity contribution in [3.63, 3.8) is 0 Å². The highest BCUT2D eigenvalue weighted by atomic mass is 32.2. The van der Waals surface area contributed by atoms with Crippen LogP contribution in [0.15, 0.2) is 4.99 Å². The van der Waals surface area contributed by atoms with Gasteiger partial charge in [-0.2, -0.15) is 11.8 Å². The Labute approximate surface area is 174 Å². The molecule has 0 spiro atoms. The van der Waals surface area contributed by atoms with Gasteiger partial charge in [0.15, 0.2) is 5.96 Å². The molecule has 0 aromatic rings. The molecule has 28 heavy (non-hydrogen) atoms. The number of likely N-dealkylation sites (tertiary alicyclic amines) is 1. The number of aliphatic imine (C=N–C) groups is 1. The van der Waals surface area contributed by atoms with Crippen LogP contribution in [0.25, 0.3) is 0 Å². The second-order valence-electron chi connectivity index (χ2n) is 7.93. The fraction of sp³-hybridized carbons (Fsp3) is 0.950. The molecule has 8 heteroatoms. The van der Waals surface area contributed by atoms with Crippen LogP contribution in [0.4, 0.5) is 0 Å². The SMILES string of the molecule is CN=C(NCC1(N2CCOCC2)CCSC1)N1CCC(OCCCOC)CC1. The predicted octanol–water partition coefficient (Wildman–Crippen LogP) is 1.29. The maximum atomic E-state index is 6.00. The summed E-state index contributed by atoms with van der Waals surface area (Å²) in [7, 11) is 3.64. The lowest BCUT2D eigenvalue weighted by molar-refractivity contribution is -0.0125. The molecule has 3 rings (SSSR count). The number of thioether (sulfide) groups is 1. The van der Waals surface area contributed by atoms with E-state index < -0.39 is 0 Å². The smallest absolute Gasteiger partial charge is 0.193 e. The quantitative estimate of drug-likeness (QED) is 0.365. The van der Waals surface area contributed by atoms with Crippen LogP contribution in [0.2, 0.25) is 0 Å². The van der Waals surface area contributed by atoms with Crippen LogP contribution < -0.4 is 5.32 Å². The summed E-state index contributed by atoms with van der Waals surface area (Å²) in [6.45, 7) is 8.38. The number of guanidine groups is 1. The van der Waals surface area contributed by atoms with Crippen molar-refractivity contribution in [2.75, 3.05) is 84.8 Å². The molecule has 1 N–H and O–H groups in total. The van der Waals surface area contributed by atoms with E-state index in [0.717, 1.165) is 84.4 Å². The van der Waals surface area contributed by atoms with Crippen molar-refractivity contribution in [2.24, 2.45) is 4.99 Å². The van der Waals surface area contributed by atoms with Crippen molar-refractivity contribution in [2.45, 2.75) is 37.3 Å². The molecular weight excluding hydrogens is 376 g/mol. The van der Waals surface area contributed by atoms with E-state index in [1.807, 2.05) is 7.05 Å². The van der Waals surface area contributed by atoms with Gasteiger partial charge in [0, 0.05) is 71.4 Å². The normalized spacial score (nSPS) is 28.1. The van der Waals surface area contributed by atoms with Gasteiger partial charge in [-0.05, 0) is 31.4 Å². The first-order valence-corrected chi connectivity index (χ1v) is 11.9. The highest BCUT2D eigenvalue weighted by Gasteiger charge is 2.41. The molecule has 1 unspecified atom stereocenters. The van der Waals surface area contributed by atoms with Gasteiger partial charge in [0.2, 0.25) is 0 Å². The number of nitrogens with zero attached hydrogens (tertiary/aromatic N) is 3. The zero-order valence-corrected chi connectivity index (χ0v) is 18.5. The zero-order valence-electron chi connectivity index (χ0n) is 17.7. The topological polar surface area (TPSA) is 58.6 Å². The van der Waals surface area contributed by atoms with Gasteiger partial charge < -0.3 is 24.4 Å². The van der Waals surface area contributed by atoms with Crippen molar-refractivity contribution in [3.8, 4) is 0 Å². The number of rotatable bonds is 8. The third-order valence-corrected chi connectivity index (χ3v) is 7.37. The molecule has 0 bridgehead atoms. The summed E-state index contributed by atoms with van der Waals surface area (Å²) in [6, 6.07) is 0. The second-order valence-corrected chi connectivity index (χ2v) is 9.04. The van der Waals surface area contributed by atoms with Gasteiger partial charge in [-0.15, -0.1) is 0 Å². The number of ether oxygens (including phenoxy) is 3. The van der Waals surface area contributed by atoms with Gasteiger partial charge in [0.05, 0.1) is 19.3 Å². The molecule has 0 amide bonds. The van der Waals surface area contributed by atoms with E-state index >= 15 is 0 Å². The number of morpholine rings is 1. The minimum absolute atomic E-state index is 0.243. The molecule has 0 radical (unpaired) electrons.